The third-order valence-corrected chi connectivity index (χ3v) is 3.10. The molecule has 0 heterocycles. The Kier molecular flexibility index (Phi) is 6.84. The highest BCUT2D eigenvalue weighted by Gasteiger charge is 2.10. The molecule has 1 unspecified atom stereocenters. The monoisotopic (exact) mass is 267 g/mol. The lowest BCUT2D eigenvalue weighted by Gasteiger charge is -2.18. The SMILES string of the molecule is CCCNC(C)c1ccccc1OC/C(C)=C/Cl. The molecule has 1 atom stereocenters. The lowest BCUT2D eigenvalue weighted by atomic mass is 10.1. The van der Waals surface area contributed by atoms with E-state index in [-0.39, 0.29) is 0 Å². The van der Waals surface area contributed by atoms with Gasteiger partial charge in [0, 0.05) is 17.1 Å². The third kappa shape index (κ3) is 4.71. The fraction of sp³-hybridized carbons (Fsp3) is 0.467. The van der Waals surface area contributed by atoms with Crippen molar-refractivity contribution in [3.05, 3.63) is 40.9 Å². The van der Waals surface area contributed by atoms with Crippen LogP contribution in [-0.2, 0) is 0 Å². The van der Waals surface area contributed by atoms with E-state index in [2.05, 4.69) is 25.2 Å². The Morgan fingerprint density at radius 1 is 1.44 bits per heavy atom. The van der Waals surface area contributed by atoms with Crippen LogP contribution in [0.5, 0.6) is 5.75 Å². The molecule has 0 bridgehead atoms. The van der Waals surface area contributed by atoms with Gasteiger partial charge in [0.25, 0.3) is 0 Å². The second-order valence-corrected chi connectivity index (χ2v) is 4.68. The summed E-state index contributed by atoms with van der Waals surface area (Å²) < 4.78 is 5.80. The zero-order valence-electron chi connectivity index (χ0n) is 11.4. The van der Waals surface area contributed by atoms with Crippen molar-refractivity contribution in [3.63, 3.8) is 0 Å². The Hall–Kier alpha value is -0.990. The Labute approximate surface area is 115 Å². The highest BCUT2D eigenvalue weighted by atomic mass is 35.5. The van der Waals surface area contributed by atoms with Gasteiger partial charge in [-0.25, -0.2) is 0 Å². The van der Waals surface area contributed by atoms with Crippen LogP contribution in [0.1, 0.15) is 38.8 Å². The summed E-state index contributed by atoms with van der Waals surface area (Å²) in [6.07, 6.45) is 1.13. The number of benzene rings is 1. The summed E-state index contributed by atoms with van der Waals surface area (Å²) in [6.45, 7) is 7.81. The van der Waals surface area contributed by atoms with Gasteiger partial charge in [-0.2, -0.15) is 0 Å². The number of hydrogen-bond donors (Lipinski definition) is 1. The molecule has 2 nitrogen and oxygen atoms in total. The molecule has 1 N–H and O–H groups in total. The van der Waals surface area contributed by atoms with E-state index < -0.39 is 0 Å². The van der Waals surface area contributed by atoms with E-state index in [4.69, 9.17) is 16.3 Å². The molecule has 0 saturated carbocycles. The van der Waals surface area contributed by atoms with Gasteiger partial charge in [0.15, 0.2) is 0 Å². The lowest BCUT2D eigenvalue weighted by molar-refractivity contribution is 0.344. The standard InChI is InChI=1S/C15H22ClNO/c1-4-9-17-13(3)14-7-5-6-8-15(14)18-11-12(2)10-16/h5-8,10,13,17H,4,9,11H2,1-3H3/b12-10+. The Morgan fingerprint density at radius 3 is 2.83 bits per heavy atom. The van der Waals surface area contributed by atoms with Crippen molar-refractivity contribution >= 4 is 11.6 Å². The van der Waals surface area contributed by atoms with Crippen LogP contribution in [-0.4, -0.2) is 13.2 Å². The molecule has 0 spiro atoms. The van der Waals surface area contributed by atoms with E-state index in [1.165, 1.54) is 5.56 Å². The van der Waals surface area contributed by atoms with Crippen molar-refractivity contribution in [2.75, 3.05) is 13.2 Å². The highest BCUT2D eigenvalue weighted by molar-refractivity contribution is 6.25. The molecule has 0 amide bonds. The van der Waals surface area contributed by atoms with Gasteiger partial charge in [0.2, 0.25) is 0 Å². The molecule has 0 aromatic heterocycles. The minimum atomic E-state index is 0.293. The summed E-state index contributed by atoms with van der Waals surface area (Å²) in [5.74, 6) is 0.923. The van der Waals surface area contributed by atoms with Crippen LogP contribution in [0.4, 0.5) is 0 Å². The maximum absolute atomic E-state index is 5.80. The smallest absolute Gasteiger partial charge is 0.124 e. The first-order valence-corrected chi connectivity index (χ1v) is 6.83. The third-order valence-electron chi connectivity index (χ3n) is 2.73. The van der Waals surface area contributed by atoms with Gasteiger partial charge in [-0.15, -0.1) is 0 Å². The van der Waals surface area contributed by atoms with Gasteiger partial charge in [0.05, 0.1) is 0 Å². The first-order valence-electron chi connectivity index (χ1n) is 6.40. The van der Waals surface area contributed by atoms with Crippen molar-refractivity contribution in [3.8, 4) is 5.75 Å². The normalized spacial score (nSPS) is 13.4. The van der Waals surface area contributed by atoms with Gasteiger partial charge in [-0.3, -0.25) is 0 Å². The Bertz CT molecular complexity index is 390. The molecule has 3 heteroatoms. The average molecular weight is 268 g/mol. The predicted molar refractivity (Wildman–Crippen MR) is 78.3 cm³/mol. The predicted octanol–water partition coefficient (Wildman–Crippen LogP) is 4.27. The molecular weight excluding hydrogens is 246 g/mol. The van der Waals surface area contributed by atoms with Crippen molar-refractivity contribution < 1.29 is 4.74 Å². The average Bonchev–Trinajstić information content (AvgIpc) is 2.42. The maximum atomic E-state index is 5.80. The molecule has 0 radical (unpaired) electrons. The second kappa shape index (κ2) is 8.17. The Morgan fingerprint density at radius 2 is 2.17 bits per heavy atom. The van der Waals surface area contributed by atoms with Crippen molar-refractivity contribution in [1.82, 2.24) is 5.32 Å². The van der Waals surface area contributed by atoms with Crippen LogP contribution >= 0.6 is 11.6 Å². The summed E-state index contributed by atoms with van der Waals surface area (Å²) in [5.41, 5.74) is 3.76. The van der Waals surface area contributed by atoms with Crippen LogP contribution < -0.4 is 10.1 Å². The van der Waals surface area contributed by atoms with E-state index in [1.807, 2.05) is 25.1 Å². The summed E-state index contributed by atoms with van der Waals surface area (Å²) >= 11 is 5.63. The topological polar surface area (TPSA) is 21.3 Å². The molecule has 18 heavy (non-hydrogen) atoms. The zero-order chi connectivity index (χ0) is 13.4. The van der Waals surface area contributed by atoms with Crippen molar-refractivity contribution in [2.45, 2.75) is 33.2 Å². The summed E-state index contributed by atoms with van der Waals surface area (Å²) in [5, 5.41) is 3.47. The number of rotatable bonds is 7. The molecule has 0 saturated heterocycles. The number of ether oxygens (including phenoxy) is 1. The molecule has 0 aliphatic rings. The van der Waals surface area contributed by atoms with E-state index in [0.29, 0.717) is 12.6 Å². The molecule has 0 aliphatic heterocycles. The quantitative estimate of drug-likeness (QED) is 0.797. The van der Waals surface area contributed by atoms with Crippen LogP contribution in [0.3, 0.4) is 0 Å². The van der Waals surface area contributed by atoms with Crippen LogP contribution in [0.25, 0.3) is 0 Å². The summed E-state index contributed by atoms with van der Waals surface area (Å²) in [6, 6.07) is 8.42. The van der Waals surface area contributed by atoms with Crippen molar-refractivity contribution in [1.29, 1.82) is 0 Å². The lowest BCUT2D eigenvalue weighted by Crippen LogP contribution is -2.20. The molecule has 1 aromatic rings. The van der Waals surface area contributed by atoms with Crippen molar-refractivity contribution in [2.24, 2.45) is 0 Å². The molecular formula is C15H22ClNO. The number of hydrogen-bond acceptors (Lipinski definition) is 2. The highest BCUT2D eigenvalue weighted by Crippen LogP contribution is 2.25. The van der Waals surface area contributed by atoms with E-state index >= 15 is 0 Å². The summed E-state index contributed by atoms with van der Waals surface area (Å²) in [7, 11) is 0. The first kappa shape index (κ1) is 15.1. The van der Waals surface area contributed by atoms with Gasteiger partial charge < -0.3 is 10.1 Å². The number of nitrogens with one attached hydrogen (secondary N) is 1. The van der Waals surface area contributed by atoms with Crippen LogP contribution in [0.15, 0.2) is 35.4 Å². The molecule has 1 rings (SSSR count). The fourth-order valence-electron chi connectivity index (χ4n) is 1.66. The number of para-hydroxylation sites is 1. The Balaban J connectivity index is 2.72. The number of halogens is 1. The summed E-state index contributed by atoms with van der Waals surface area (Å²) in [4.78, 5) is 0. The molecule has 100 valence electrons. The fourth-order valence-corrected chi connectivity index (χ4v) is 1.73. The molecule has 0 fully saturated rings. The zero-order valence-corrected chi connectivity index (χ0v) is 12.1. The van der Waals surface area contributed by atoms with Crippen LogP contribution in [0.2, 0.25) is 0 Å². The van der Waals surface area contributed by atoms with Gasteiger partial charge in [0.1, 0.15) is 12.4 Å². The maximum Gasteiger partial charge on any atom is 0.124 e. The minimum Gasteiger partial charge on any atom is -0.489 e. The van der Waals surface area contributed by atoms with Gasteiger partial charge >= 0.3 is 0 Å². The van der Waals surface area contributed by atoms with E-state index in [1.54, 1.807) is 5.54 Å². The van der Waals surface area contributed by atoms with E-state index in [9.17, 15) is 0 Å². The van der Waals surface area contributed by atoms with Gasteiger partial charge in [-0.1, -0.05) is 36.7 Å². The molecule has 1 aromatic carbocycles. The minimum absolute atomic E-state index is 0.293. The van der Waals surface area contributed by atoms with Gasteiger partial charge in [-0.05, 0) is 38.5 Å². The largest absolute Gasteiger partial charge is 0.489 e. The second-order valence-electron chi connectivity index (χ2n) is 4.46. The van der Waals surface area contributed by atoms with Crippen LogP contribution in [0, 0.1) is 0 Å². The first-order chi connectivity index (χ1) is 8.69. The molecule has 0 aliphatic carbocycles. The van der Waals surface area contributed by atoms with E-state index in [0.717, 1.165) is 24.3 Å².